The fraction of sp³-hybridized carbons (Fsp3) is 0.300. The van der Waals surface area contributed by atoms with Gasteiger partial charge in [0.05, 0.1) is 7.11 Å². The molecule has 0 aromatic heterocycles. The summed E-state index contributed by atoms with van der Waals surface area (Å²) in [5, 5.41) is 9.66. The number of para-hydroxylation sites is 1. The van der Waals surface area contributed by atoms with E-state index in [9.17, 15) is 14.7 Å². The van der Waals surface area contributed by atoms with E-state index in [1.54, 1.807) is 24.1 Å². The molecule has 0 spiro atoms. The van der Waals surface area contributed by atoms with Gasteiger partial charge in [-0.05, 0) is 36.4 Å². The first kappa shape index (κ1) is 18.6. The van der Waals surface area contributed by atoms with Crippen LogP contribution in [0.1, 0.15) is 10.4 Å². The Morgan fingerprint density at radius 3 is 2.30 bits per heavy atom. The number of rotatable bonds is 5. The lowest BCUT2D eigenvalue weighted by molar-refractivity contribution is -0.134. The average Bonchev–Trinajstić information content (AvgIpc) is 2.72. The molecular weight excluding hydrogens is 348 g/mol. The van der Waals surface area contributed by atoms with Crippen molar-refractivity contribution >= 4 is 17.6 Å². The van der Waals surface area contributed by atoms with Crippen LogP contribution in [0.5, 0.6) is 11.5 Å². The number of phenolic OH excluding ortho intramolecular Hbond substituents is 1. The van der Waals surface area contributed by atoms with Crippen LogP contribution in [0.4, 0.5) is 5.69 Å². The third-order valence-corrected chi connectivity index (χ3v) is 4.52. The zero-order valence-electron chi connectivity index (χ0n) is 15.1. The Balaban J connectivity index is 1.48. The minimum Gasteiger partial charge on any atom is -0.507 e. The number of phenols is 1. The third kappa shape index (κ3) is 4.49. The molecule has 1 heterocycles. The zero-order valence-corrected chi connectivity index (χ0v) is 15.1. The summed E-state index contributed by atoms with van der Waals surface area (Å²) in [6.07, 6.45) is 0. The van der Waals surface area contributed by atoms with Gasteiger partial charge >= 0.3 is 5.97 Å². The molecule has 2 aromatic rings. The maximum Gasteiger partial charge on any atom is 0.342 e. The molecule has 0 saturated carbocycles. The second-order valence-corrected chi connectivity index (χ2v) is 6.16. The highest BCUT2D eigenvalue weighted by molar-refractivity contribution is 5.93. The predicted octanol–water partition coefficient (Wildman–Crippen LogP) is 1.91. The van der Waals surface area contributed by atoms with Gasteiger partial charge in [0.1, 0.15) is 17.1 Å². The Kier molecular flexibility index (Phi) is 5.80. The summed E-state index contributed by atoms with van der Waals surface area (Å²) in [7, 11) is 1.63. The normalized spacial score (nSPS) is 14.0. The number of piperazine rings is 1. The summed E-state index contributed by atoms with van der Waals surface area (Å²) in [6.45, 7) is 2.17. The van der Waals surface area contributed by atoms with E-state index in [0.717, 1.165) is 11.4 Å². The summed E-state index contributed by atoms with van der Waals surface area (Å²) in [4.78, 5) is 28.1. The van der Waals surface area contributed by atoms with Crippen LogP contribution >= 0.6 is 0 Å². The number of amides is 1. The van der Waals surface area contributed by atoms with Crippen molar-refractivity contribution in [3.63, 3.8) is 0 Å². The van der Waals surface area contributed by atoms with Gasteiger partial charge in [0.2, 0.25) is 0 Å². The van der Waals surface area contributed by atoms with Crippen LogP contribution in [0.2, 0.25) is 0 Å². The first-order valence-electron chi connectivity index (χ1n) is 8.70. The highest BCUT2D eigenvalue weighted by atomic mass is 16.5. The van der Waals surface area contributed by atoms with Crippen molar-refractivity contribution in [2.24, 2.45) is 0 Å². The molecule has 0 radical (unpaired) electrons. The lowest BCUT2D eigenvalue weighted by Gasteiger charge is -2.36. The van der Waals surface area contributed by atoms with Gasteiger partial charge in [0.25, 0.3) is 5.91 Å². The van der Waals surface area contributed by atoms with Crippen molar-refractivity contribution in [1.82, 2.24) is 4.90 Å². The average molecular weight is 370 g/mol. The highest BCUT2D eigenvalue weighted by Gasteiger charge is 2.23. The molecule has 0 bridgehead atoms. The number of nitrogens with zero attached hydrogens (tertiary/aromatic N) is 2. The second-order valence-electron chi connectivity index (χ2n) is 6.16. The molecule has 142 valence electrons. The lowest BCUT2D eigenvalue weighted by atomic mass is 10.2. The largest absolute Gasteiger partial charge is 0.507 e. The molecule has 2 aromatic carbocycles. The number of carbonyl (C=O) groups is 2. The van der Waals surface area contributed by atoms with Gasteiger partial charge in [-0.3, -0.25) is 4.79 Å². The van der Waals surface area contributed by atoms with E-state index in [2.05, 4.69) is 4.90 Å². The minimum atomic E-state index is -0.710. The smallest absolute Gasteiger partial charge is 0.342 e. The third-order valence-electron chi connectivity index (χ3n) is 4.52. The molecular formula is C20H22N2O5. The highest BCUT2D eigenvalue weighted by Crippen LogP contribution is 2.21. The predicted molar refractivity (Wildman–Crippen MR) is 100 cm³/mol. The molecule has 1 amide bonds. The van der Waals surface area contributed by atoms with E-state index in [0.29, 0.717) is 26.2 Å². The lowest BCUT2D eigenvalue weighted by Crippen LogP contribution is -2.49. The van der Waals surface area contributed by atoms with Gasteiger partial charge in [0.15, 0.2) is 6.61 Å². The second kappa shape index (κ2) is 8.44. The van der Waals surface area contributed by atoms with Crippen molar-refractivity contribution in [1.29, 1.82) is 0 Å². The molecule has 1 N–H and O–H groups in total. The van der Waals surface area contributed by atoms with Crippen LogP contribution < -0.4 is 9.64 Å². The number of anilines is 1. The molecule has 0 unspecified atom stereocenters. The summed E-state index contributed by atoms with van der Waals surface area (Å²) in [5.41, 5.74) is 1.13. The Hall–Kier alpha value is -3.22. The van der Waals surface area contributed by atoms with Gasteiger partial charge in [-0.25, -0.2) is 4.79 Å². The van der Waals surface area contributed by atoms with Crippen LogP contribution in [0, 0.1) is 0 Å². The Labute approximate surface area is 157 Å². The van der Waals surface area contributed by atoms with Crippen LogP contribution in [-0.4, -0.2) is 61.8 Å². The Bertz CT molecular complexity index is 798. The number of hydrogen-bond acceptors (Lipinski definition) is 6. The molecule has 0 aliphatic carbocycles. The molecule has 27 heavy (non-hydrogen) atoms. The summed E-state index contributed by atoms with van der Waals surface area (Å²) >= 11 is 0. The molecule has 1 fully saturated rings. The molecule has 7 nitrogen and oxygen atoms in total. The Morgan fingerprint density at radius 2 is 1.67 bits per heavy atom. The monoisotopic (exact) mass is 370 g/mol. The van der Waals surface area contributed by atoms with E-state index >= 15 is 0 Å². The number of carbonyl (C=O) groups excluding carboxylic acids is 2. The summed E-state index contributed by atoms with van der Waals surface area (Å²) in [5.74, 6) is -0.312. The fourth-order valence-electron chi connectivity index (χ4n) is 2.95. The number of ether oxygens (including phenoxy) is 2. The van der Waals surface area contributed by atoms with Crippen LogP contribution in [0.3, 0.4) is 0 Å². The minimum absolute atomic E-state index is 0.0506. The van der Waals surface area contributed by atoms with Gasteiger partial charge in [-0.1, -0.05) is 12.1 Å². The molecule has 3 rings (SSSR count). The van der Waals surface area contributed by atoms with Crippen molar-refractivity contribution < 1.29 is 24.2 Å². The van der Waals surface area contributed by atoms with Crippen molar-refractivity contribution in [3.05, 3.63) is 54.1 Å². The quantitative estimate of drug-likeness (QED) is 0.810. The van der Waals surface area contributed by atoms with E-state index in [-0.39, 0.29) is 23.8 Å². The Morgan fingerprint density at radius 1 is 1.00 bits per heavy atom. The van der Waals surface area contributed by atoms with Crippen LogP contribution in [0.15, 0.2) is 48.5 Å². The molecule has 1 aliphatic rings. The first-order chi connectivity index (χ1) is 13.1. The van der Waals surface area contributed by atoms with Crippen LogP contribution in [0.25, 0.3) is 0 Å². The summed E-state index contributed by atoms with van der Waals surface area (Å²) in [6, 6.07) is 13.9. The number of esters is 1. The molecule has 7 heteroatoms. The van der Waals surface area contributed by atoms with E-state index in [1.165, 1.54) is 12.1 Å². The standard InChI is InChI=1S/C20H22N2O5/c1-26-16-8-6-15(7-9-16)21-10-12-22(13-11-21)19(24)14-27-20(25)17-4-2-3-5-18(17)23/h2-9,23H,10-14H2,1H3. The maximum atomic E-state index is 12.3. The number of benzene rings is 2. The first-order valence-corrected chi connectivity index (χ1v) is 8.70. The number of aromatic hydroxyl groups is 1. The van der Waals surface area contributed by atoms with Crippen molar-refractivity contribution in [2.75, 3.05) is 44.8 Å². The maximum absolute atomic E-state index is 12.3. The van der Waals surface area contributed by atoms with Gasteiger partial charge in [-0.15, -0.1) is 0 Å². The van der Waals surface area contributed by atoms with Gasteiger partial charge < -0.3 is 24.4 Å². The van der Waals surface area contributed by atoms with Gasteiger partial charge in [0, 0.05) is 31.9 Å². The van der Waals surface area contributed by atoms with Gasteiger partial charge in [-0.2, -0.15) is 0 Å². The van der Waals surface area contributed by atoms with E-state index in [1.807, 2.05) is 24.3 Å². The molecule has 0 atom stereocenters. The van der Waals surface area contributed by atoms with Crippen LogP contribution in [-0.2, 0) is 9.53 Å². The number of methoxy groups -OCH3 is 1. The molecule has 1 aliphatic heterocycles. The fourth-order valence-corrected chi connectivity index (χ4v) is 2.95. The van der Waals surface area contributed by atoms with E-state index in [4.69, 9.17) is 9.47 Å². The zero-order chi connectivity index (χ0) is 19.2. The topological polar surface area (TPSA) is 79.3 Å². The SMILES string of the molecule is COc1ccc(N2CCN(C(=O)COC(=O)c3ccccc3O)CC2)cc1. The van der Waals surface area contributed by atoms with Crippen molar-refractivity contribution in [3.8, 4) is 11.5 Å². The summed E-state index contributed by atoms with van der Waals surface area (Å²) < 4.78 is 10.2. The number of hydrogen-bond donors (Lipinski definition) is 1. The molecule has 1 saturated heterocycles. The van der Waals surface area contributed by atoms with E-state index < -0.39 is 5.97 Å². The van der Waals surface area contributed by atoms with Crippen molar-refractivity contribution in [2.45, 2.75) is 0 Å².